The maximum Gasteiger partial charge on any atom is 0.121 e. The molecule has 2 aromatic heterocycles. The molecule has 2 heterocycles. The van der Waals surface area contributed by atoms with Gasteiger partial charge in [0.2, 0.25) is 0 Å². The quantitative estimate of drug-likeness (QED) is 0.127. The van der Waals surface area contributed by atoms with E-state index in [4.69, 9.17) is 15.3 Å². The molecule has 7 aromatic carbocycles. The minimum absolute atomic E-state index is 0.753. The molecule has 0 saturated heterocycles. The van der Waals surface area contributed by atoms with Crippen LogP contribution in [0, 0.1) is 13.8 Å². The Bertz CT molecular complexity index is 2790. The molecule has 0 fully saturated rings. The van der Waals surface area contributed by atoms with Crippen molar-refractivity contribution in [3.8, 4) is 11.4 Å². The molecule has 0 aliphatic heterocycles. The number of fused-ring (bicyclic) bond motifs is 6. The van der Waals surface area contributed by atoms with Gasteiger partial charge in [-0.1, -0.05) is 113 Å². The fourth-order valence-electron chi connectivity index (χ4n) is 6.36. The zero-order chi connectivity index (χ0) is 37.6. The molecule has 9 rings (SSSR count). The summed E-state index contributed by atoms with van der Waals surface area (Å²) in [5.41, 5.74) is 11.4. The molecular formula is C46H42N8. The molecule has 0 unspecified atom stereocenters. The van der Waals surface area contributed by atoms with Crippen LogP contribution in [0.1, 0.15) is 49.9 Å². The van der Waals surface area contributed by atoms with Crippen LogP contribution in [-0.2, 0) is 0 Å². The SMILES string of the molecule is CC.CC.Cc1cc(N=Nc2ccc(-n3nc4ccc5ccccc5c4n3)cc2)ccc1C=Cc1ccc(-n2nc3ccc4ccccc4c3n2)cc1C. The highest BCUT2D eigenvalue weighted by atomic mass is 15.5. The number of azo groups is 1. The summed E-state index contributed by atoms with van der Waals surface area (Å²) in [6, 6.07) is 44.9. The molecule has 9 aromatic rings. The maximum atomic E-state index is 4.83. The van der Waals surface area contributed by atoms with Gasteiger partial charge in [-0.05, 0) is 108 Å². The number of benzene rings is 7. The molecule has 0 saturated carbocycles. The first kappa shape index (κ1) is 35.6. The van der Waals surface area contributed by atoms with Crippen molar-refractivity contribution in [2.45, 2.75) is 41.5 Å². The van der Waals surface area contributed by atoms with Crippen LogP contribution in [0.15, 0.2) is 144 Å². The second kappa shape index (κ2) is 15.8. The van der Waals surface area contributed by atoms with Gasteiger partial charge in [-0.25, -0.2) is 0 Å². The first-order valence-electron chi connectivity index (χ1n) is 18.5. The number of rotatable bonds is 6. The summed E-state index contributed by atoms with van der Waals surface area (Å²) >= 11 is 0. The first-order valence-corrected chi connectivity index (χ1v) is 18.5. The van der Waals surface area contributed by atoms with E-state index in [1.54, 1.807) is 9.59 Å². The minimum Gasteiger partial charge on any atom is -0.151 e. The predicted molar refractivity (Wildman–Crippen MR) is 224 cm³/mol. The average molecular weight is 707 g/mol. The Hall–Kier alpha value is -6.80. The van der Waals surface area contributed by atoms with Gasteiger partial charge >= 0.3 is 0 Å². The molecule has 0 bridgehead atoms. The van der Waals surface area contributed by atoms with Gasteiger partial charge in [0.15, 0.2) is 0 Å². The average Bonchev–Trinajstić information content (AvgIpc) is 3.88. The zero-order valence-corrected chi connectivity index (χ0v) is 31.4. The maximum absolute atomic E-state index is 4.83. The summed E-state index contributed by atoms with van der Waals surface area (Å²) in [5, 5.41) is 32.5. The van der Waals surface area contributed by atoms with Crippen LogP contribution in [0.2, 0.25) is 0 Å². The second-order valence-corrected chi connectivity index (χ2v) is 12.4. The molecule has 0 aliphatic rings. The van der Waals surface area contributed by atoms with Crippen LogP contribution < -0.4 is 0 Å². The number of aryl methyl sites for hydroxylation is 2. The van der Waals surface area contributed by atoms with Crippen molar-refractivity contribution in [2.75, 3.05) is 0 Å². The van der Waals surface area contributed by atoms with Gasteiger partial charge in [0.1, 0.15) is 22.1 Å². The molecule has 8 heteroatoms. The Morgan fingerprint density at radius 3 is 1.46 bits per heavy atom. The molecule has 0 N–H and O–H groups in total. The van der Waals surface area contributed by atoms with Gasteiger partial charge in [0.05, 0.1) is 22.7 Å². The van der Waals surface area contributed by atoms with Crippen molar-refractivity contribution in [1.29, 1.82) is 0 Å². The molecule has 0 spiro atoms. The van der Waals surface area contributed by atoms with Gasteiger partial charge in [-0.15, -0.1) is 20.4 Å². The zero-order valence-electron chi connectivity index (χ0n) is 31.4. The van der Waals surface area contributed by atoms with E-state index in [0.29, 0.717) is 0 Å². The van der Waals surface area contributed by atoms with E-state index in [1.807, 2.05) is 94.4 Å². The van der Waals surface area contributed by atoms with Crippen LogP contribution in [0.3, 0.4) is 0 Å². The lowest BCUT2D eigenvalue weighted by Crippen LogP contribution is -1.99. The van der Waals surface area contributed by atoms with Crippen molar-refractivity contribution >= 4 is 67.1 Å². The predicted octanol–water partition coefficient (Wildman–Crippen LogP) is 12.7. The molecule has 8 nitrogen and oxygen atoms in total. The summed E-state index contributed by atoms with van der Waals surface area (Å²) in [4.78, 5) is 3.40. The van der Waals surface area contributed by atoms with Crippen molar-refractivity contribution < 1.29 is 0 Å². The monoisotopic (exact) mass is 706 g/mol. The number of hydrogen-bond donors (Lipinski definition) is 0. The molecule has 0 aliphatic carbocycles. The lowest BCUT2D eigenvalue weighted by atomic mass is 10.0. The van der Waals surface area contributed by atoms with Crippen LogP contribution >= 0.6 is 0 Å². The van der Waals surface area contributed by atoms with E-state index >= 15 is 0 Å². The van der Waals surface area contributed by atoms with E-state index in [2.05, 4.69) is 108 Å². The second-order valence-electron chi connectivity index (χ2n) is 12.4. The smallest absolute Gasteiger partial charge is 0.121 e. The van der Waals surface area contributed by atoms with Crippen LogP contribution in [0.5, 0.6) is 0 Å². The van der Waals surface area contributed by atoms with Crippen LogP contribution in [0.25, 0.3) is 67.1 Å². The summed E-state index contributed by atoms with van der Waals surface area (Å²) in [6.07, 6.45) is 4.28. The van der Waals surface area contributed by atoms with Gasteiger partial charge in [-0.3, -0.25) is 0 Å². The van der Waals surface area contributed by atoms with E-state index in [-0.39, 0.29) is 0 Å². The van der Waals surface area contributed by atoms with Gasteiger partial charge in [0, 0.05) is 10.8 Å². The lowest BCUT2D eigenvalue weighted by molar-refractivity contribution is 0.765. The fraction of sp³-hybridized carbons (Fsp3) is 0.130. The topological polar surface area (TPSA) is 86.1 Å². The van der Waals surface area contributed by atoms with Crippen LogP contribution in [-0.4, -0.2) is 30.0 Å². The summed E-state index contributed by atoms with van der Waals surface area (Å²) in [7, 11) is 0. The van der Waals surface area contributed by atoms with Crippen molar-refractivity contribution in [3.05, 3.63) is 156 Å². The highest BCUT2D eigenvalue weighted by Gasteiger charge is 2.10. The molecule has 266 valence electrons. The molecular weight excluding hydrogens is 665 g/mol. The van der Waals surface area contributed by atoms with Gasteiger partial charge in [-0.2, -0.15) is 19.8 Å². The fourth-order valence-corrected chi connectivity index (χ4v) is 6.36. The third-order valence-corrected chi connectivity index (χ3v) is 9.09. The Morgan fingerprint density at radius 1 is 0.444 bits per heavy atom. The standard InChI is InChI=1S/C42H30N8.2C2H6/c1-27-25-34(44-43-33-18-21-35(22-19-33)49-45-39-23-15-31-7-3-5-9-37(31)41(39)47-49)17-13-29(27)11-12-30-14-20-36(26-28(30)2)50-46-40-24-16-32-8-4-6-10-38(32)42(40)48-50;2*1-2/h3-26H,1-2H3;2*1-2H3. The lowest BCUT2D eigenvalue weighted by Gasteiger charge is -2.06. The molecule has 0 amide bonds. The Balaban J connectivity index is 0.00000109. The highest BCUT2D eigenvalue weighted by Crippen LogP contribution is 2.27. The van der Waals surface area contributed by atoms with Crippen molar-refractivity contribution in [2.24, 2.45) is 10.2 Å². The summed E-state index contributed by atoms with van der Waals surface area (Å²) in [5.74, 6) is 0. The van der Waals surface area contributed by atoms with Gasteiger partial charge in [0.25, 0.3) is 0 Å². The minimum atomic E-state index is 0.753. The van der Waals surface area contributed by atoms with Crippen molar-refractivity contribution in [1.82, 2.24) is 30.0 Å². The third-order valence-electron chi connectivity index (χ3n) is 9.09. The Kier molecular flexibility index (Phi) is 10.4. The third kappa shape index (κ3) is 7.14. The number of nitrogens with zero attached hydrogens (tertiary/aromatic N) is 8. The molecule has 0 radical (unpaired) electrons. The van der Waals surface area contributed by atoms with Crippen LogP contribution in [0.4, 0.5) is 11.4 Å². The number of aromatic nitrogens is 6. The van der Waals surface area contributed by atoms with Crippen molar-refractivity contribution in [3.63, 3.8) is 0 Å². The molecule has 54 heavy (non-hydrogen) atoms. The first-order chi connectivity index (χ1) is 26.6. The Labute approximate surface area is 315 Å². The Morgan fingerprint density at radius 2 is 0.907 bits per heavy atom. The number of hydrogen-bond acceptors (Lipinski definition) is 6. The summed E-state index contributed by atoms with van der Waals surface area (Å²) in [6.45, 7) is 12.2. The highest BCUT2D eigenvalue weighted by molar-refractivity contribution is 6.04. The van der Waals surface area contributed by atoms with E-state index < -0.39 is 0 Å². The molecule has 0 atom stereocenters. The summed E-state index contributed by atoms with van der Waals surface area (Å²) < 4.78 is 0. The van der Waals surface area contributed by atoms with E-state index in [1.165, 1.54) is 0 Å². The van der Waals surface area contributed by atoms with E-state index in [0.717, 1.165) is 88.6 Å². The normalized spacial score (nSPS) is 11.4. The largest absolute Gasteiger partial charge is 0.151 e. The van der Waals surface area contributed by atoms with Gasteiger partial charge < -0.3 is 0 Å². The van der Waals surface area contributed by atoms with E-state index in [9.17, 15) is 0 Å².